The second-order valence-electron chi connectivity index (χ2n) is 3.88. The molecule has 0 saturated heterocycles. The number of hydrogen-bond donors (Lipinski definition) is 3. The van der Waals surface area contributed by atoms with Crippen LogP contribution in [0.5, 0.6) is 0 Å². The fourth-order valence-corrected chi connectivity index (χ4v) is 1.40. The van der Waals surface area contributed by atoms with Crippen LogP contribution in [0.3, 0.4) is 0 Å². The average Bonchev–Trinajstić information content (AvgIpc) is 2.49. The maximum absolute atomic E-state index is 10.4. The van der Waals surface area contributed by atoms with Gasteiger partial charge in [0.15, 0.2) is 0 Å². The molecule has 0 unspecified atom stereocenters. The van der Waals surface area contributed by atoms with Crippen LogP contribution in [0.4, 0.5) is 0 Å². The van der Waals surface area contributed by atoms with Gasteiger partial charge in [0.05, 0.1) is 11.1 Å². The van der Waals surface area contributed by atoms with Gasteiger partial charge in [-0.25, -0.2) is 9.59 Å². The third kappa shape index (κ3) is 4.91. The minimum Gasteiger partial charge on any atom is -0.478 e. The lowest BCUT2D eigenvalue weighted by molar-refractivity contribution is 0.0696. The minimum atomic E-state index is -1.13. The van der Waals surface area contributed by atoms with Crippen LogP contribution in [0.1, 0.15) is 26.3 Å². The van der Waals surface area contributed by atoms with Crippen molar-refractivity contribution in [3.8, 4) is 0 Å². The molecule has 0 radical (unpaired) electrons. The smallest absolute Gasteiger partial charge is 0.335 e. The van der Waals surface area contributed by atoms with Gasteiger partial charge < -0.3 is 15.9 Å². The van der Waals surface area contributed by atoms with Gasteiger partial charge in [-0.1, -0.05) is 36.4 Å². The molecule has 0 amide bonds. The maximum atomic E-state index is 10.4. The summed E-state index contributed by atoms with van der Waals surface area (Å²) in [6.45, 7) is 0.640. The van der Waals surface area contributed by atoms with Crippen LogP contribution in [0.15, 0.2) is 54.6 Å². The molecule has 0 fully saturated rings. The van der Waals surface area contributed by atoms with Gasteiger partial charge in [0.25, 0.3) is 0 Å². The van der Waals surface area contributed by atoms with Gasteiger partial charge in [-0.2, -0.15) is 0 Å². The summed E-state index contributed by atoms with van der Waals surface area (Å²) in [7, 11) is 0. The number of carboxylic acids is 2. The maximum Gasteiger partial charge on any atom is 0.335 e. The van der Waals surface area contributed by atoms with E-state index in [0.29, 0.717) is 6.54 Å². The lowest BCUT2D eigenvalue weighted by Gasteiger charge is -1.95. The molecular formula is C15H15NO4. The molecule has 0 bridgehead atoms. The van der Waals surface area contributed by atoms with E-state index in [0.717, 1.165) is 6.07 Å². The number of hydrogen-bond acceptors (Lipinski definition) is 3. The van der Waals surface area contributed by atoms with Crippen molar-refractivity contribution < 1.29 is 19.8 Å². The normalized spacial score (nSPS) is 9.25. The summed E-state index contributed by atoms with van der Waals surface area (Å²) in [5.74, 6) is -2.25. The Bertz CT molecular complexity index is 552. The van der Waals surface area contributed by atoms with Crippen molar-refractivity contribution in [1.29, 1.82) is 0 Å². The van der Waals surface area contributed by atoms with Crippen LogP contribution in [-0.2, 0) is 6.54 Å². The number of rotatable bonds is 3. The molecule has 0 aromatic heterocycles. The Morgan fingerprint density at radius 3 is 1.70 bits per heavy atom. The molecule has 2 aromatic carbocycles. The number of benzene rings is 2. The standard InChI is InChI=1S/C8H6O4.C7H9N/c9-7(10)5-2-1-3-6(4-5)8(11)12;8-6-7-4-2-1-3-5-7/h1-4H,(H,9,10)(H,11,12);1-5H,6,8H2. The largest absolute Gasteiger partial charge is 0.478 e. The topological polar surface area (TPSA) is 101 Å². The molecule has 2 rings (SSSR count). The van der Waals surface area contributed by atoms with Crippen LogP contribution in [0.25, 0.3) is 0 Å². The molecule has 5 nitrogen and oxygen atoms in total. The van der Waals surface area contributed by atoms with E-state index in [1.54, 1.807) is 0 Å². The molecule has 0 heterocycles. The van der Waals surface area contributed by atoms with Crippen molar-refractivity contribution in [1.82, 2.24) is 0 Å². The monoisotopic (exact) mass is 273 g/mol. The van der Waals surface area contributed by atoms with Crippen LogP contribution in [-0.4, -0.2) is 22.2 Å². The molecule has 0 aliphatic heterocycles. The molecule has 5 heteroatoms. The molecule has 2 aromatic rings. The Balaban J connectivity index is 0.000000217. The molecule has 0 aliphatic rings. The summed E-state index contributed by atoms with van der Waals surface area (Å²) < 4.78 is 0. The number of nitrogens with two attached hydrogens (primary N) is 1. The van der Waals surface area contributed by atoms with Gasteiger partial charge in [0.1, 0.15) is 0 Å². The second-order valence-corrected chi connectivity index (χ2v) is 3.88. The van der Waals surface area contributed by atoms with E-state index >= 15 is 0 Å². The third-order valence-corrected chi connectivity index (χ3v) is 2.43. The summed E-state index contributed by atoms with van der Waals surface area (Å²) in [5, 5.41) is 17.0. The fourth-order valence-electron chi connectivity index (χ4n) is 1.40. The molecule has 0 saturated carbocycles. The molecule has 0 spiro atoms. The van der Waals surface area contributed by atoms with Crippen LogP contribution < -0.4 is 5.73 Å². The lowest BCUT2D eigenvalue weighted by atomic mass is 10.1. The van der Waals surface area contributed by atoms with Crippen molar-refractivity contribution in [3.05, 3.63) is 71.3 Å². The summed E-state index contributed by atoms with van der Waals surface area (Å²) >= 11 is 0. The highest BCUT2D eigenvalue weighted by molar-refractivity contribution is 5.93. The minimum absolute atomic E-state index is 0.0186. The van der Waals surface area contributed by atoms with Crippen molar-refractivity contribution in [2.24, 2.45) is 5.73 Å². The summed E-state index contributed by atoms with van der Waals surface area (Å²) in [6, 6.07) is 15.2. The predicted octanol–water partition coefficient (Wildman–Crippen LogP) is 2.23. The molecule has 0 atom stereocenters. The van der Waals surface area contributed by atoms with Crippen molar-refractivity contribution in [3.63, 3.8) is 0 Å². The van der Waals surface area contributed by atoms with E-state index in [2.05, 4.69) is 0 Å². The fraction of sp³-hybridized carbons (Fsp3) is 0.0667. The first-order chi connectivity index (χ1) is 9.54. The zero-order valence-corrected chi connectivity index (χ0v) is 10.7. The Kier molecular flexibility index (Phi) is 5.93. The Morgan fingerprint density at radius 2 is 1.35 bits per heavy atom. The zero-order chi connectivity index (χ0) is 15.0. The number of carboxylic acid groups (broad SMARTS) is 2. The first-order valence-corrected chi connectivity index (χ1v) is 5.85. The molecular weight excluding hydrogens is 258 g/mol. The average molecular weight is 273 g/mol. The summed E-state index contributed by atoms with van der Waals surface area (Å²) in [5.41, 5.74) is 6.50. The van der Waals surface area contributed by atoms with Gasteiger partial charge in [-0.15, -0.1) is 0 Å². The highest BCUT2D eigenvalue weighted by atomic mass is 16.4. The lowest BCUT2D eigenvalue weighted by Crippen LogP contribution is -2.01. The van der Waals surface area contributed by atoms with Crippen molar-refractivity contribution in [2.75, 3.05) is 0 Å². The summed E-state index contributed by atoms with van der Waals surface area (Å²) in [6.07, 6.45) is 0. The van der Waals surface area contributed by atoms with Gasteiger partial charge in [0.2, 0.25) is 0 Å². The SMILES string of the molecule is NCc1ccccc1.O=C(O)c1cccc(C(=O)O)c1. The molecule has 20 heavy (non-hydrogen) atoms. The quantitative estimate of drug-likeness (QED) is 0.796. The van der Waals surface area contributed by atoms with Crippen molar-refractivity contribution >= 4 is 11.9 Å². The third-order valence-electron chi connectivity index (χ3n) is 2.43. The zero-order valence-electron chi connectivity index (χ0n) is 10.7. The van der Waals surface area contributed by atoms with Crippen molar-refractivity contribution in [2.45, 2.75) is 6.54 Å². The highest BCUT2D eigenvalue weighted by Crippen LogP contribution is 2.04. The summed E-state index contributed by atoms with van der Waals surface area (Å²) in [4.78, 5) is 20.8. The van der Waals surface area contributed by atoms with Gasteiger partial charge in [0, 0.05) is 6.54 Å². The van der Waals surface area contributed by atoms with Gasteiger partial charge in [-0.05, 0) is 23.8 Å². The van der Waals surface area contributed by atoms with E-state index in [-0.39, 0.29) is 11.1 Å². The number of carbonyl (C=O) groups is 2. The van der Waals surface area contributed by atoms with Crippen LogP contribution in [0, 0.1) is 0 Å². The van der Waals surface area contributed by atoms with Gasteiger partial charge >= 0.3 is 11.9 Å². The van der Waals surface area contributed by atoms with Gasteiger partial charge in [-0.3, -0.25) is 0 Å². The van der Waals surface area contributed by atoms with Crippen LogP contribution in [0.2, 0.25) is 0 Å². The Labute approximate surface area is 116 Å². The van der Waals surface area contributed by atoms with E-state index in [1.807, 2.05) is 30.3 Å². The highest BCUT2D eigenvalue weighted by Gasteiger charge is 2.06. The first-order valence-electron chi connectivity index (χ1n) is 5.85. The molecule has 4 N–H and O–H groups in total. The molecule has 104 valence electrons. The molecule has 0 aliphatic carbocycles. The van der Waals surface area contributed by atoms with E-state index in [9.17, 15) is 9.59 Å². The number of aromatic carboxylic acids is 2. The predicted molar refractivity (Wildman–Crippen MR) is 74.7 cm³/mol. The Hall–Kier alpha value is -2.66. The van der Waals surface area contributed by atoms with E-state index in [4.69, 9.17) is 15.9 Å². The Morgan fingerprint density at radius 1 is 0.850 bits per heavy atom. The second kappa shape index (κ2) is 7.70. The van der Waals surface area contributed by atoms with E-state index < -0.39 is 11.9 Å². The first kappa shape index (κ1) is 15.4. The van der Waals surface area contributed by atoms with Crippen LogP contribution >= 0.6 is 0 Å². The van der Waals surface area contributed by atoms with E-state index in [1.165, 1.54) is 23.8 Å².